The van der Waals surface area contributed by atoms with E-state index in [4.69, 9.17) is 9.57 Å². The first-order valence-electron chi connectivity index (χ1n) is 6.30. The molecule has 2 rings (SSSR count). The molecule has 1 aromatic carbocycles. The Balaban J connectivity index is 2.14. The summed E-state index contributed by atoms with van der Waals surface area (Å²) in [7, 11) is 2.72. The fraction of sp³-hybridized carbons (Fsp3) is 0.214. The molecule has 0 aliphatic heterocycles. The molecule has 0 unspecified atom stereocenters. The van der Waals surface area contributed by atoms with E-state index in [0.717, 1.165) is 29.6 Å². The van der Waals surface area contributed by atoms with E-state index in [0.29, 0.717) is 0 Å². The molecule has 0 saturated carbocycles. The Hall–Kier alpha value is -2.68. The number of ether oxygens (including phenoxy) is 1. The molecule has 6 nitrogen and oxygen atoms in total. The lowest BCUT2D eigenvalue weighted by atomic mass is 10.2. The van der Waals surface area contributed by atoms with Crippen LogP contribution in [0.3, 0.4) is 0 Å². The number of nitrogens with zero attached hydrogens (tertiary/aromatic N) is 3. The van der Waals surface area contributed by atoms with Crippen molar-refractivity contribution < 1.29 is 27.5 Å². The fourth-order valence-corrected chi connectivity index (χ4v) is 1.58. The van der Waals surface area contributed by atoms with E-state index in [1.165, 1.54) is 26.3 Å². The van der Waals surface area contributed by atoms with Crippen molar-refractivity contribution in [3.8, 4) is 11.6 Å². The molecule has 0 atom stereocenters. The van der Waals surface area contributed by atoms with Gasteiger partial charge in [-0.25, -0.2) is 15.0 Å². The van der Waals surface area contributed by atoms with Crippen LogP contribution in [0.5, 0.6) is 11.6 Å². The Labute approximate surface area is 129 Å². The summed E-state index contributed by atoms with van der Waals surface area (Å²) in [5, 5.41) is 0.956. The molecule has 0 bridgehead atoms. The molecular weight excluding hydrogens is 315 g/mol. The zero-order valence-electron chi connectivity index (χ0n) is 12.2. The van der Waals surface area contributed by atoms with Crippen molar-refractivity contribution in [1.82, 2.24) is 15.0 Å². The van der Waals surface area contributed by atoms with Crippen LogP contribution in [0.25, 0.3) is 0 Å². The van der Waals surface area contributed by atoms with Crippen molar-refractivity contribution in [3.63, 3.8) is 0 Å². The first-order chi connectivity index (χ1) is 10.8. The largest absolute Gasteiger partial charge is 0.437 e. The van der Waals surface area contributed by atoms with Gasteiger partial charge in [-0.1, -0.05) is 6.07 Å². The number of halogens is 3. The molecule has 0 fully saturated rings. The number of alkyl halides is 3. The molecule has 0 N–H and O–H groups in total. The van der Waals surface area contributed by atoms with E-state index >= 15 is 0 Å². The van der Waals surface area contributed by atoms with Crippen molar-refractivity contribution in [1.29, 1.82) is 0 Å². The van der Waals surface area contributed by atoms with Gasteiger partial charge in [0.1, 0.15) is 11.4 Å². The molecule has 0 saturated heterocycles. The van der Waals surface area contributed by atoms with E-state index in [-0.39, 0.29) is 17.3 Å². The van der Waals surface area contributed by atoms with Gasteiger partial charge in [-0.05, 0) is 18.2 Å². The SMILES string of the molecule is CON(C)C(=O)c1cnc(Oc2cccc(C(F)(F)F)c2)cn1. The number of aromatic nitrogens is 2. The number of carbonyl (C=O) groups is 1. The monoisotopic (exact) mass is 327 g/mol. The predicted octanol–water partition coefficient (Wildman–Crippen LogP) is 2.92. The third kappa shape index (κ3) is 4.16. The van der Waals surface area contributed by atoms with Crippen LogP contribution >= 0.6 is 0 Å². The molecule has 1 heterocycles. The van der Waals surface area contributed by atoms with Crippen LogP contribution in [0.1, 0.15) is 16.1 Å². The molecular formula is C14H12F3N3O3. The smallest absolute Gasteiger partial charge is 0.416 e. The number of hydroxylamine groups is 2. The van der Waals surface area contributed by atoms with E-state index in [9.17, 15) is 18.0 Å². The molecule has 0 spiro atoms. The van der Waals surface area contributed by atoms with Gasteiger partial charge < -0.3 is 4.74 Å². The molecule has 23 heavy (non-hydrogen) atoms. The molecule has 1 amide bonds. The summed E-state index contributed by atoms with van der Waals surface area (Å²) in [6.45, 7) is 0. The Morgan fingerprint density at radius 2 is 1.96 bits per heavy atom. The van der Waals surface area contributed by atoms with Gasteiger partial charge in [-0.3, -0.25) is 9.63 Å². The lowest BCUT2D eigenvalue weighted by molar-refractivity contribution is -0.137. The van der Waals surface area contributed by atoms with Gasteiger partial charge in [-0.15, -0.1) is 0 Å². The highest BCUT2D eigenvalue weighted by atomic mass is 19.4. The summed E-state index contributed by atoms with van der Waals surface area (Å²) < 4.78 is 43.1. The molecule has 1 aromatic heterocycles. The maximum Gasteiger partial charge on any atom is 0.416 e. The number of rotatable bonds is 4. The minimum atomic E-state index is -4.47. The zero-order valence-corrected chi connectivity index (χ0v) is 12.2. The van der Waals surface area contributed by atoms with Gasteiger partial charge >= 0.3 is 6.18 Å². The first-order valence-corrected chi connectivity index (χ1v) is 6.30. The highest BCUT2D eigenvalue weighted by Crippen LogP contribution is 2.32. The number of benzene rings is 1. The Bertz CT molecular complexity index is 690. The quantitative estimate of drug-likeness (QED) is 0.808. The summed E-state index contributed by atoms with van der Waals surface area (Å²) in [4.78, 5) is 24.1. The fourth-order valence-electron chi connectivity index (χ4n) is 1.58. The summed E-state index contributed by atoms with van der Waals surface area (Å²) in [6, 6.07) is 4.35. The predicted molar refractivity (Wildman–Crippen MR) is 72.7 cm³/mol. The van der Waals surface area contributed by atoms with Gasteiger partial charge in [0.05, 0.1) is 25.1 Å². The highest BCUT2D eigenvalue weighted by Gasteiger charge is 2.30. The standard InChI is InChI=1S/C14H12F3N3O3/c1-20(22-2)13(21)11-7-19-12(8-18-11)23-10-5-3-4-9(6-10)14(15,16)17/h3-8H,1-2H3. The second kappa shape index (κ2) is 6.61. The number of hydrogen-bond donors (Lipinski definition) is 0. The number of amides is 1. The molecule has 122 valence electrons. The summed E-state index contributed by atoms with van der Waals surface area (Å²) in [5.41, 5.74) is -0.831. The van der Waals surface area contributed by atoms with E-state index in [2.05, 4.69) is 9.97 Å². The van der Waals surface area contributed by atoms with Crippen LogP contribution < -0.4 is 4.74 Å². The average Bonchev–Trinajstić information content (AvgIpc) is 2.53. The topological polar surface area (TPSA) is 64.5 Å². The summed E-state index contributed by atoms with van der Waals surface area (Å²) in [5.74, 6) is -0.603. The van der Waals surface area contributed by atoms with Crippen molar-refractivity contribution in [2.24, 2.45) is 0 Å². The second-order valence-corrected chi connectivity index (χ2v) is 4.35. The number of carbonyl (C=O) groups excluding carboxylic acids is 1. The third-order valence-electron chi connectivity index (χ3n) is 2.79. The van der Waals surface area contributed by atoms with E-state index in [1.807, 2.05) is 0 Å². The van der Waals surface area contributed by atoms with Crippen LogP contribution in [-0.2, 0) is 11.0 Å². The normalized spacial score (nSPS) is 11.2. The van der Waals surface area contributed by atoms with Gasteiger partial charge in [0, 0.05) is 7.05 Å². The average molecular weight is 327 g/mol. The third-order valence-corrected chi connectivity index (χ3v) is 2.79. The Morgan fingerprint density at radius 3 is 2.52 bits per heavy atom. The molecule has 0 aliphatic carbocycles. The van der Waals surface area contributed by atoms with Gasteiger partial charge in [-0.2, -0.15) is 13.2 Å². The maximum atomic E-state index is 12.6. The molecule has 9 heteroatoms. The van der Waals surface area contributed by atoms with Crippen molar-refractivity contribution >= 4 is 5.91 Å². The van der Waals surface area contributed by atoms with Crippen LogP contribution in [0.4, 0.5) is 13.2 Å². The second-order valence-electron chi connectivity index (χ2n) is 4.35. The van der Waals surface area contributed by atoms with Crippen molar-refractivity contribution in [2.75, 3.05) is 14.2 Å². The van der Waals surface area contributed by atoms with Gasteiger partial charge in [0.25, 0.3) is 5.91 Å². The van der Waals surface area contributed by atoms with Crippen molar-refractivity contribution in [2.45, 2.75) is 6.18 Å². The summed E-state index contributed by atoms with van der Waals surface area (Å²) in [6.07, 6.45) is -2.19. The summed E-state index contributed by atoms with van der Waals surface area (Å²) >= 11 is 0. The van der Waals surface area contributed by atoms with Crippen molar-refractivity contribution in [3.05, 3.63) is 47.9 Å². The maximum absolute atomic E-state index is 12.6. The Morgan fingerprint density at radius 1 is 1.22 bits per heavy atom. The molecule has 0 aliphatic rings. The van der Waals surface area contributed by atoms with Gasteiger partial charge in [0.15, 0.2) is 0 Å². The van der Waals surface area contributed by atoms with Gasteiger partial charge in [0.2, 0.25) is 5.88 Å². The minimum Gasteiger partial charge on any atom is -0.437 e. The Kier molecular flexibility index (Phi) is 4.80. The van der Waals surface area contributed by atoms with Crippen LogP contribution in [0, 0.1) is 0 Å². The first kappa shape index (κ1) is 16.7. The van der Waals surface area contributed by atoms with Crippen LogP contribution in [0.2, 0.25) is 0 Å². The van der Waals surface area contributed by atoms with E-state index in [1.54, 1.807) is 0 Å². The molecule has 2 aromatic rings. The zero-order chi connectivity index (χ0) is 17.0. The number of hydrogen-bond acceptors (Lipinski definition) is 5. The highest BCUT2D eigenvalue weighted by molar-refractivity contribution is 5.91. The van der Waals surface area contributed by atoms with Crippen LogP contribution in [-0.4, -0.2) is 35.1 Å². The lowest BCUT2D eigenvalue weighted by Crippen LogP contribution is -2.26. The minimum absolute atomic E-state index is 0.00532. The lowest BCUT2D eigenvalue weighted by Gasteiger charge is -2.12. The van der Waals surface area contributed by atoms with Crippen LogP contribution in [0.15, 0.2) is 36.7 Å². The van der Waals surface area contributed by atoms with E-state index < -0.39 is 17.6 Å². The molecule has 0 radical (unpaired) electrons.